The van der Waals surface area contributed by atoms with Gasteiger partial charge in [-0.25, -0.2) is 9.97 Å². The maximum absolute atomic E-state index is 12.7. The van der Waals surface area contributed by atoms with Crippen molar-refractivity contribution in [2.75, 3.05) is 23.3 Å². The van der Waals surface area contributed by atoms with Crippen LogP contribution in [-0.4, -0.2) is 29.0 Å². The van der Waals surface area contributed by atoms with Crippen LogP contribution in [0.5, 0.6) is 5.75 Å². The highest BCUT2D eigenvalue weighted by molar-refractivity contribution is 6.34. The molecule has 1 aliphatic rings. The molecule has 3 aromatic rings. The standard InChI is InChI=1S/C22H21ClN4O2/c23-19-14-24-22(27-12-4-5-13-27)26-20(19)21(28)25-17-8-10-18(11-9-17)29-15-16-6-2-1-3-7-16/h1-3,6-11,14H,4-5,12-13,15H2,(H,25,28). The molecule has 148 valence electrons. The molecule has 1 fully saturated rings. The Balaban J connectivity index is 1.40. The highest BCUT2D eigenvalue weighted by Crippen LogP contribution is 2.22. The van der Waals surface area contributed by atoms with E-state index >= 15 is 0 Å². The Bertz CT molecular complexity index is 974. The fraction of sp³-hybridized carbons (Fsp3) is 0.227. The number of hydrogen-bond donors (Lipinski definition) is 1. The Morgan fingerprint density at radius 2 is 1.79 bits per heavy atom. The average molecular weight is 409 g/mol. The Labute approximate surface area is 174 Å². The first kappa shape index (κ1) is 19.2. The van der Waals surface area contributed by atoms with E-state index in [4.69, 9.17) is 16.3 Å². The Kier molecular flexibility index (Phi) is 5.91. The third-order valence-corrected chi connectivity index (χ3v) is 4.97. The molecule has 0 saturated carbocycles. The summed E-state index contributed by atoms with van der Waals surface area (Å²) in [5.74, 6) is 0.903. The zero-order valence-electron chi connectivity index (χ0n) is 15.8. The smallest absolute Gasteiger partial charge is 0.276 e. The van der Waals surface area contributed by atoms with E-state index in [1.54, 1.807) is 12.1 Å². The normalized spacial score (nSPS) is 13.3. The van der Waals surface area contributed by atoms with Gasteiger partial charge in [0.25, 0.3) is 5.91 Å². The Morgan fingerprint density at radius 3 is 2.52 bits per heavy atom. The van der Waals surface area contributed by atoms with Crippen molar-refractivity contribution in [1.29, 1.82) is 0 Å². The largest absolute Gasteiger partial charge is 0.489 e. The lowest BCUT2D eigenvalue weighted by Gasteiger charge is -2.16. The molecule has 0 spiro atoms. The summed E-state index contributed by atoms with van der Waals surface area (Å²) in [6, 6.07) is 17.1. The van der Waals surface area contributed by atoms with Gasteiger partial charge in [0.2, 0.25) is 5.95 Å². The van der Waals surface area contributed by atoms with Gasteiger partial charge in [0, 0.05) is 18.8 Å². The molecule has 1 amide bonds. The molecule has 0 atom stereocenters. The molecule has 0 aliphatic carbocycles. The maximum Gasteiger partial charge on any atom is 0.276 e. The first-order chi connectivity index (χ1) is 14.2. The molecule has 0 bridgehead atoms. The molecule has 0 unspecified atom stereocenters. The van der Waals surface area contributed by atoms with E-state index in [-0.39, 0.29) is 16.6 Å². The number of anilines is 2. The summed E-state index contributed by atoms with van der Waals surface area (Å²) in [5, 5.41) is 3.06. The van der Waals surface area contributed by atoms with Crippen molar-refractivity contribution in [2.24, 2.45) is 0 Å². The number of rotatable bonds is 6. The number of carbonyl (C=O) groups is 1. The van der Waals surface area contributed by atoms with Crippen LogP contribution in [0.25, 0.3) is 0 Å². The summed E-state index contributed by atoms with van der Waals surface area (Å²) in [7, 11) is 0. The van der Waals surface area contributed by atoms with Crippen molar-refractivity contribution in [2.45, 2.75) is 19.4 Å². The van der Waals surface area contributed by atoms with E-state index in [0.29, 0.717) is 18.2 Å². The second kappa shape index (κ2) is 8.92. The van der Waals surface area contributed by atoms with Gasteiger partial charge in [-0.1, -0.05) is 41.9 Å². The summed E-state index contributed by atoms with van der Waals surface area (Å²) < 4.78 is 5.77. The maximum atomic E-state index is 12.7. The minimum atomic E-state index is -0.365. The zero-order chi connectivity index (χ0) is 20.1. The molecule has 1 aliphatic heterocycles. The summed E-state index contributed by atoms with van der Waals surface area (Å²) in [6.45, 7) is 2.28. The summed E-state index contributed by atoms with van der Waals surface area (Å²) in [6.07, 6.45) is 3.69. The number of carbonyl (C=O) groups excluding carboxylic acids is 1. The molecule has 6 nitrogen and oxygen atoms in total. The van der Waals surface area contributed by atoms with E-state index in [9.17, 15) is 4.79 Å². The highest BCUT2D eigenvalue weighted by atomic mass is 35.5. The van der Waals surface area contributed by atoms with Gasteiger partial charge in [-0.2, -0.15) is 0 Å². The third kappa shape index (κ3) is 4.84. The molecule has 7 heteroatoms. The fourth-order valence-corrected chi connectivity index (χ4v) is 3.33. The van der Waals surface area contributed by atoms with Gasteiger partial charge < -0.3 is 15.0 Å². The van der Waals surface area contributed by atoms with Crippen molar-refractivity contribution >= 4 is 29.1 Å². The lowest BCUT2D eigenvalue weighted by atomic mass is 10.2. The van der Waals surface area contributed by atoms with E-state index in [1.165, 1.54) is 6.20 Å². The molecule has 1 N–H and O–H groups in total. The van der Waals surface area contributed by atoms with Crippen molar-refractivity contribution < 1.29 is 9.53 Å². The number of amides is 1. The first-order valence-electron chi connectivity index (χ1n) is 9.55. The first-order valence-corrected chi connectivity index (χ1v) is 9.92. The van der Waals surface area contributed by atoms with E-state index in [0.717, 1.165) is 37.2 Å². The minimum Gasteiger partial charge on any atom is -0.489 e. The van der Waals surface area contributed by atoms with E-state index < -0.39 is 0 Å². The molecule has 1 aromatic heterocycles. The molecule has 4 rings (SSSR count). The Hall–Kier alpha value is -3.12. The topological polar surface area (TPSA) is 67.3 Å². The van der Waals surface area contributed by atoms with E-state index in [2.05, 4.69) is 20.2 Å². The lowest BCUT2D eigenvalue weighted by molar-refractivity contribution is 0.102. The van der Waals surface area contributed by atoms with Gasteiger partial charge in [0.05, 0.1) is 11.2 Å². The summed E-state index contributed by atoms with van der Waals surface area (Å²) in [5.41, 5.74) is 1.91. The van der Waals surface area contributed by atoms with Crippen LogP contribution in [-0.2, 0) is 6.61 Å². The zero-order valence-corrected chi connectivity index (χ0v) is 16.6. The quantitative estimate of drug-likeness (QED) is 0.647. The monoisotopic (exact) mass is 408 g/mol. The van der Waals surface area contributed by atoms with Crippen LogP contribution >= 0.6 is 11.6 Å². The van der Waals surface area contributed by atoms with Gasteiger partial charge in [-0.3, -0.25) is 4.79 Å². The number of nitrogens with one attached hydrogen (secondary N) is 1. The number of aromatic nitrogens is 2. The molecule has 2 heterocycles. The second-order valence-electron chi connectivity index (χ2n) is 6.81. The van der Waals surface area contributed by atoms with Crippen LogP contribution in [0.1, 0.15) is 28.9 Å². The van der Waals surface area contributed by atoms with Crippen LogP contribution < -0.4 is 15.0 Å². The van der Waals surface area contributed by atoms with E-state index in [1.807, 2.05) is 42.5 Å². The molecular weight excluding hydrogens is 388 g/mol. The predicted molar refractivity (Wildman–Crippen MR) is 114 cm³/mol. The highest BCUT2D eigenvalue weighted by Gasteiger charge is 2.19. The van der Waals surface area contributed by atoms with Crippen LogP contribution in [0.4, 0.5) is 11.6 Å². The van der Waals surface area contributed by atoms with Crippen molar-refractivity contribution in [3.63, 3.8) is 0 Å². The average Bonchev–Trinajstić information content (AvgIpc) is 3.29. The lowest BCUT2D eigenvalue weighted by Crippen LogP contribution is -2.23. The SMILES string of the molecule is O=C(Nc1ccc(OCc2ccccc2)cc1)c1nc(N2CCCC2)ncc1Cl. The number of hydrogen-bond acceptors (Lipinski definition) is 5. The summed E-state index contributed by atoms with van der Waals surface area (Å²) >= 11 is 6.16. The van der Waals surface area contributed by atoms with Gasteiger partial charge in [0.15, 0.2) is 5.69 Å². The summed E-state index contributed by atoms with van der Waals surface area (Å²) in [4.78, 5) is 23.4. The van der Waals surface area contributed by atoms with Crippen LogP contribution in [0.15, 0.2) is 60.8 Å². The van der Waals surface area contributed by atoms with Gasteiger partial charge in [0.1, 0.15) is 12.4 Å². The molecule has 0 radical (unpaired) electrons. The second-order valence-corrected chi connectivity index (χ2v) is 7.22. The molecular formula is C22H21ClN4O2. The van der Waals surface area contributed by atoms with Crippen LogP contribution in [0.3, 0.4) is 0 Å². The molecule has 2 aromatic carbocycles. The number of benzene rings is 2. The van der Waals surface area contributed by atoms with Crippen molar-refractivity contribution in [1.82, 2.24) is 9.97 Å². The number of halogens is 1. The fourth-order valence-electron chi connectivity index (χ4n) is 3.15. The minimum absolute atomic E-state index is 0.174. The van der Waals surface area contributed by atoms with Gasteiger partial charge >= 0.3 is 0 Å². The predicted octanol–water partition coefficient (Wildman–Crippen LogP) is 4.56. The van der Waals surface area contributed by atoms with Crippen LogP contribution in [0, 0.1) is 0 Å². The van der Waals surface area contributed by atoms with Gasteiger partial charge in [-0.05, 0) is 42.7 Å². The van der Waals surface area contributed by atoms with Crippen molar-refractivity contribution in [3.05, 3.63) is 77.1 Å². The van der Waals surface area contributed by atoms with Crippen LogP contribution in [0.2, 0.25) is 5.02 Å². The third-order valence-electron chi connectivity index (χ3n) is 4.70. The molecule has 29 heavy (non-hydrogen) atoms. The molecule has 1 saturated heterocycles. The number of ether oxygens (including phenoxy) is 1. The van der Waals surface area contributed by atoms with Gasteiger partial charge in [-0.15, -0.1) is 0 Å². The number of nitrogens with zero attached hydrogens (tertiary/aromatic N) is 3. The Morgan fingerprint density at radius 1 is 1.07 bits per heavy atom. The van der Waals surface area contributed by atoms with Crippen molar-refractivity contribution in [3.8, 4) is 5.75 Å².